The van der Waals surface area contributed by atoms with Crippen LogP contribution in [0.2, 0.25) is 5.15 Å². The summed E-state index contributed by atoms with van der Waals surface area (Å²) in [6.45, 7) is 6.37. The van der Waals surface area contributed by atoms with Gasteiger partial charge in [0, 0.05) is 11.1 Å². The fraction of sp³-hybridized carbons (Fsp3) is 0.333. The third-order valence-electron chi connectivity index (χ3n) is 3.25. The van der Waals surface area contributed by atoms with Crippen molar-refractivity contribution in [2.24, 2.45) is 0 Å². The second-order valence-electron chi connectivity index (χ2n) is 4.49. The molecule has 3 heteroatoms. The summed E-state index contributed by atoms with van der Waals surface area (Å²) >= 11 is 6.20. The first kappa shape index (κ1) is 13.0. The molecule has 1 heterocycles. The van der Waals surface area contributed by atoms with Gasteiger partial charge in [-0.3, -0.25) is 0 Å². The van der Waals surface area contributed by atoms with Gasteiger partial charge >= 0.3 is 0 Å². The lowest BCUT2D eigenvalue weighted by atomic mass is 9.97. The highest BCUT2D eigenvalue weighted by atomic mass is 35.5. The number of hydrogen-bond donors (Lipinski definition) is 0. The zero-order chi connectivity index (χ0) is 13.1. The van der Waals surface area contributed by atoms with Crippen LogP contribution in [0.25, 0.3) is 11.3 Å². The molecule has 2 rings (SSSR count). The molecular formula is C15H17ClN2. The Hall–Kier alpha value is -1.41. The second kappa shape index (κ2) is 5.49. The molecule has 0 saturated carbocycles. The second-order valence-corrected chi connectivity index (χ2v) is 4.85. The zero-order valence-electron chi connectivity index (χ0n) is 11.0. The Balaban J connectivity index is 2.63. The molecule has 94 valence electrons. The number of aryl methyl sites for hydroxylation is 1. The molecule has 0 saturated heterocycles. The van der Waals surface area contributed by atoms with Crippen molar-refractivity contribution in [3.63, 3.8) is 0 Å². The van der Waals surface area contributed by atoms with E-state index in [0.717, 1.165) is 29.7 Å². The average Bonchev–Trinajstić information content (AvgIpc) is 2.36. The largest absolute Gasteiger partial charge is 0.236 e. The van der Waals surface area contributed by atoms with Gasteiger partial charge in [0.05, 0.1) is 5.69 Å². The first-order valence-corrected chi connectivity index (χ1v) is 6.59. The minimum Gasteiger partial charge on any atom is -0.236 e. The molecule has 0 atom stereocenters. The molecule has 0 bridgehead atoms. The van der Waals surface area contributed by atoms with Crippen LogP contribution >= 0.6 is 11.6 Å². The molecule has 0 radical (unpaired) electrons. The number of hydrogen-bond acceptors (Lipinski definition) is 2. The van der Waals surface area contributed by atoms with Crippen LogP contribution in [0.4, 0.5) is 0 Å². The van der Waals surface area contributed by atoms with E-state index in [9.17, 15) is 0 Å². The Labute approximate surface area is 113 Å². The molecule has 18 heavy (non-hydrogen) atoms. The lowest BCUT2D eigenvalue weighted by Crippen LogP contribution is -1.99. The zero-order valence-corrected chi connectivity index (χ0v) is 11.8. The fourth-order valence-electron chi connectivity index (χ4n) is 2.10. The average molecular weight is 261 g/mol. The van der Waals surface area contributed by atoms with Gasteiger partial charge in [0.1, 0.15) is 11.5 Å². The summed E-state index contributed by atoms with van der Waals surface area (Å²) in [5.74, 6) is 0. The first-order valence-electron chi connectivity index (χ1n) is 6.21. The molecule has 2 nitrogen and oxygen atoms in total. The van der Waals surface area contributed by atoms with Crippen molar-refractivity contribution in [1.29, 1.82) is 0 Å². The summed E-state index contributed by atoms with van der Waals surface area (Å²) in [5.41, 5.74) is 5.70. The van der Waals surface area contributed by atoms with Gasteiger partial charge < -0.3 is 0 Å². The van der Waals surface area contributed by atoms with E-state index in [1.54, 1.807) is 6.33 Å². The summed E-state index contributed by atoms with van der Waals surface area (Å²) in [7, 11) is 0. The molecule has 0 aliphatic rings. The molecule has 0 unspecified atom stereocenters. The van der Waals surface area contributed by atoms with E-state index in [1.807, 2.05) is 0 Å². The van der Waals surface area contributed by atoms with E-state index in [4.69, 9.17) is 11.6 Å². The smallest absolute Gasteiger partial charge is 0.136 e. The highest BCUT2D eigenvalue weighted by Gasteiger charge is 2.13. The van der Waals surface area contributed by atoms with Crippen molar-refractivity contribution >= 4 is 11.6 Å². The molecule has 1 aromatic carbocycles. The van der Waals surface area contributed by atoms with Gasteiger partial charge in [0.25, 0.3) is 0 Å². The number of halogens is 1. The summed E-state index contributed by atoms with van der Waals surface area (Å²) < 4.78 is 0. The Morgan fingerprint density at radius 2 is 1.94 bits per heavy atom. The van der Waals surface area contributed by atoms with Crippen molar-refractivity contribution in [2.45, 2.75) is 33.6 Å². The fourth-order valence-corrected chi connectivity index (χ4v) is 2.33. The summed E-state index contributed by atoms with van der Waals surface area (Å²) in [5, 5.41) is 0.572. The Morgan fingerprint density at radius 1 is 1.17 bits per heavy atom. The van der Waals surface area contributed by atoms with Crippen molar-refractivity contribution < 1.29 is 0 Å². The predicted molar refractivity (Wildman–Crippen MR) is 75.9 cm³/mol. The van der Waals surface area contributed by atoms with E-state index in [0.29, 0.717) is 5.15 Å². The molecule has 0 amide bonds. The number of rotatable bonds is 3. The van der Waals surface area contributed by atoms with Gasteiger partial charge in [-0.05, 0) is 31.4 Å². The third kappa shape index (κ3) is 2.39. The van der Waals surface area contributed by atoms with E-state index >= 15 is 0 Å². The van der Waals surface area contributed by atoms with Crippen molar-refractivity contribution in [3.05, 3.63) is 46.4 Å². The standard InChI is InChI=1S/C15H17ClN2/c1-4-6-13-14(17-9-18-15(13)16)12-8-5-7-10(2)11(12)3/h5,7-9H,4,6H2,1-3H3. The monoisotopic (exact) mass is 260 g/mol. The normalized spacial score (nSPS) is 10.7. The summed E-state index contributed by atoms with van der Waals surface area (Å²) in [6, 6.07) is 6.27. The van der Waals surface area contributed by atoms with Crippen molar-refractivity contribution in [2.75, 3.05) is 0 Å². The number of aromatic nitrogens is 2. The summed E-state index contributed by atoms with van der Waals surface area (Å²) in [4.78, 5) is 8.53. The van der Waals surface area contributed by atoms with Crippen LogP contribution in [0.1, 0.15) is 30.0 Å². The van der Waals surface area contributed by atoms with E-state index in [-0.39, 0.29) is 0 Å². The van der Waals surface area contributed by atoms with Crippen LogP contribution in [-0.2, 0) is 6.42 Å². The van der Waals surface area contributed by atoms with Crippen molar-refractivity contribution in [1.82, 2.24) is 9.97 Å². The highest BCUT2D eigenvalue weighted by molar-refractivity contribution is 6.30. The Morgan fingerprint density at radius 3 is 2.67 bits per heavy atom. The SMILES string of the molecule is CCCc1c(Cl)ncnc1-c1cccc(C)c1C. The van der Waals surface area contributed by atoms with E-state index in [1.165, 1.54) is 11.1 Å². The Kier molecular flexibility index (Phi) is 3.97. The number of nitrogens with zero attached hydrogens (tertiary/aromatic N) is 2. The Bertz CT molecular complexity index is 564. The van der Waals surface area contributed by atoms with Gasteiger partial charge in [-0.25, -0.2) is 9.97 Å². The molecule has 0 N–H and O–H groups in total. The van der Waals surface area contributed by atoms with Gasteiger partial charge in [-0.15, -0.1) is 0 Å². The van der Waals surface area contributed by atoms with E-state index in [2.05, 4.69) is 48.9 Å². The highest BCUT2D eigenvalue weighted by Crippen LogP contribution is 2.30. The maximum absolute atomic E-state index is 6.20. The first-order chi connectivity index (χ1) is 8.65. The minimum atomic E-state index is 0.572. The molecule has 0 aliphatic heterocycles. The van der Waals surface area contributed by atoms with Crippen LogP contribution in [0.3, 0.4) is 0 Å². The maximum atomic E-state index is 6.20. The van der Waals surface area contributed by atoms with Crippen LogP contribution < -0.4 is 0 Å². The predicted octanol–water partition coefficient (Wildman–Crippen LogP) is 4.37. The quantitative estimate of drug-likeness (QED) is 0.766. The topological polar surface area (TPSA) is 25.8 Å². The van der Waals surface area contributed by atoms with E-state index < -0.39 is 0 Å². The van der Waals surface area contributed by atoms with Gasteiger partial charge in [0.15, 0.2) is 0 Å². The molecular weight excluding hydrogens is 244 g/mol. The van der Waals surface area contributed by atoms with Crippen molar-refractivity contribution in [3.8, 4) is 11.3 Å². The molecule has 2 aromatic rings. The van der Waals surface area contributed by atoms with Gasteiger partial charge in [-0.2, -0.15) is 0 Å². The molecule has 1 aromatic heterocycles. The lowest BCUT2D eigenvalue weighted by Gasteiger charge is -2.12. The molecule has 0 spiro atoms. The van der Waals surface area contributed by atoms with Crippen LogP contribution in [-0.4, -0.2) is 9.97 Å². The third-order valence-corrected chi connectivity index (χ3v) is 3.58. The molecule has 0 aliphatic carbocycles. The maximum Gasteiger partial charge on any atom is 0.136 e. The lowest BCUT2D eigenvalue weighted by molar-refractivity contribution is 0.903. The van der Waals surface area contributed by atoms with Gasteiger partial charge in [-0.1, -0.05) is 43.1 Å². The van der Waals surface area contributed by atoms with Crippen LogP contribution in [0.5, 0.6) is 0 Å². The molecule has 0 fully saturated rings. The van der Waals surface area contributed by atoms with Crippen LogP contribution in [0, 0.1) is 13.8 Å². The number of benzene rings is 1. The minimum absolute atomic E-state index is 0.572. The van der Waals surface area contributed by atoms with Gasteiger partial charge in [0.2, 0.25) is 0 Å². The summed E-state index contributed by atoms with van der Waals surface area (Å²) in [6.07, 6.45) is 3.48. The van der Waals surface area contributed by atoms with Crippen LogP contribution in [0.15, 0.2) is 24.5 Å².